The van der Waals surface area contributed by atoms with Crippen LogP contribution in [0.4, 0.5) is 17.3 Å². The predicted molar refractivity (Wildman–Crippen MR) is 111 cm³/mol. The number of fused-ring (bicyclic) bond motifs is 1. The van der Waals surface area contributed by atoms with E-state index in [0.29, 0.717) is 40.0 Å². The molecular formula is C20H25N7O2. The highest BCUT2D eigenvalue weighted by Gasteiger charge is 2.24. The van der Waals surface area contributed by atoms with E-state index in [1.807, 2.05) is 32.9 Å². The molecule has 0 aromatic carbocycles. The van der Waals surface area contributed by atoms with Gasteiger partial charge in [0.1, 0.15) is 22.9 Å². The Balaban J connectivity index is 1.71. The third-order valence-corrected chi connectivity index (χ3v) is 4.99. The number of hydrogen-bond acceptors (Lipinski definition) is 7. The van der Waals surface area contributed by atoms with Crippen molar-refractivity contribution in [2.75, 3.05) is 11.1 Å². The second-order valence-corrected chi connectivity index (χ2v) is 7.51. The molecule has 9 nitrogen and oxygen atoms in total. The van der Waals surface area contributed by atoms with Crippen molar-refractivity contribution in [2.24, 2.45) is 0 Å². The molecule has 4 N–H and O–H groups in total. The van der Waals surface area contributed by atoms with E-state index in [1.165, 1.54) is 10.7 Å². The van der Waals surface area contributed by atoms with Crippen molar-refractivity contribution in [1.29, 1.82) is 0 Å². The Morgan fingerprint density at radius 3 is 2.86 bits per heavy atom. The standard InChI is InChI=1S/C20H25N7O2/c1-11(2)29-20-15(8-5-9-22-20)25-17-12(3)16(21)27-18(26-17)14(10-23-27)19(28)24-13-6-4-7-13/h5,8-11,13H,4,6-7,21H2,1-3H3,(H,24,28)(H,25,26). The monoisotopic (exact) mass is 395 g/mol. The van der Waals surface area contributed by atoms with Gasteiger partial charge in [0.2, 0.25) is 5.88 Å². The van der Waals surface area contributed by atoms with E-state index in [1.54, 1.807) is 6.20 Å². The summed E-state index contributed by atoms with van der Waals surface area (Å²) in [6.45, 7) is 5.72. The lowest BCUT2D eigenvalue weighted by Crippen LogP contribution is -2.39. The zero-order valence-corrected chi connectivity index (χ0v) is 16.8. The molecule has 0 atom stereocenters. The molecule has 9 heteroatoms. The normalized spacial score (nSPS) is 14.1. The molecule has 0 unspecified atom stereocenters. The summed E-state index contributed by atoms with van der Waals surface area (Å²) in [5, 5.41) is 10.5. The van der Waals surface area contributed by atoms with Crippen LogP contribution in [0.2, 0.25) is 0 Å². The molecule has 0 radical (unpaired) electrons. The average Bonchev–Trinajstić information content (AvgIpc) is 3.07. The van der Waals surface area contributed by atoms with Crippen molar-refractivity contribution in [2.45, 2.75) is 52.2 Å². The van der Waals surface area contributed by atoms with Crippen molar-refractivity contribution < 1.29 is 9.53 Å². The fourth-order valence-electron chi connectivity index (χ4n) is 3.12. The second-order valence-electron chi connectivity index (χ2n) is 7.51. The molecular weight excluding hydrogens is 370 g/mol. The van der Waals surface area contributed by atoms with E-state index in [4.69, 9.17) is 10.5 Å². The Hall–Kier alpha value is -3.36. The summed E-state index contributed by atoms with van der Waals surface area (Å²) in [4.78, 5) is 21.6. The molecule has 1 amide bonds. The van der Waals surface area contributed by atoms with Gasteiger partial charge >= 0.3 is 0 Å². The van der Waals surface area contributed by atoms with Gasteiger partial charge in [-0.25, -0.2) is 9.97 Å². The lowest BCUT2D eigenvalue weighted by atomic mass is 9.93. The lowest BCUT2D eigenvalue weighted by Gasteiger charge is -2.26. The number of nitrogen functional groups attached to an aromatic ring is 1. The van der Waals surface area contributed by atoms with Crippen LogP contribution in [0.25, 0.3) is 5.65 Å². The molecule has 4 rings (SSSR count). The molecule has 0 saturated heterocycles. The van der Waals surface area contributed by atoms with Gasteiger partial charge in [-0.15, -0.1) is 0 Å². The third kappa shape index (κ3) is 3.67. The molecule has 0 aliphatic heterocycles. The molecule has 0 bridgehead atoms. The summed E-state index contributed by atoms with van der Waals surface area (Å²) in [6, 6.07) is 3.89. The highest BCUT2D eigenvalue weighted by Crippen LogP contribution is 2.30. The summed E-state index contributed by atoms with van der Waals surface area (Å²) in [7, 11) is 0. The first kappa shape index (κ1) is 19.0. The highest BCUT2D eigenvalue weighted by molar-refractivity contribution is 6.00. The second kappa shape index (κ2) is 7.57. The fraction of sp³-hybridized carbons (Fsp3) is 0.400. The number of amides is 1. The Morgan fingerprint density at radius 1 is 1.38 bits per heavy atom. The Morgan fingerprint density at radius 2 is 2.17 bits per heavy atom. The van der Waals surface area contributed by atoms with Crippen molar-refractivity contribution in [3.05, 3.63) is 35.7 Å². The van der Waals surface area contributed by atoms with Crippen molar-refractivity contribution in [3.8, 4) is 5.88 Å². The molecule has 1 saturated carbocycles. The van der Waals surface area contributed by atoms with Crippen LogP contribution >= 0.6 is 0 Å². The van der Waals surface area contributed by atoms with Crippen LogP contribution in [0.1, 0.15) is 49.0 Å². The van der Waals surface area contributed by atoms with Crippen molar-refractivity contribution in [1.82, 2.24) is 24.9 Å². The van der Waals surface area contributed by atoms with Gasteiger partial charge in [-0.3, -0.25) is 4.79 Å². The molecule has 3 aromatic heterocycles. The quantitative estimate of drug-likeness (QED) is 0.587. The Labute approximate surface area is 168 Å². The van der Waals surface area contributed by atoms with Gasteiger partial charge in [0.15, 0.2) is 5.65 Å². The van der Waals surface area contributed by atoms with E-state index in [2.05, 4.69) is 25.7 Å². The first-order chi connectivity index (χ1) is 13.9. The number of carbonyl (C=O) groups is 1. The van der Waals surface area contributed by atoms with Crippen LogP contribution in [0, 0.1) is 6.92 Å². The molecule has 3 aromatic rings. The van der Waals surface area contributed by atoms with Crippen LogP contribution in [-0.4, -0.2) is 37.6 Å². The summed E-state index contributed by atoms with van der Waals surface area (Å²) in [6.07, 6.45) is 6.31. The largest absolute Gasteiger partial charge is 0.473 e. The summed E-state index contributed by atoms with van der Waals surface area (Å²) >= 11 is 0. The molecule has 1 aliphatic rings. The van der Waals surface area contributed by atoms with Crippen LogP contribution in [-0.2, 0) is 0 Å². The minimum absolute atomic E-state index is 0.0244. The van der Waals surface area contributed by atoms with Gasteiger partial charge < -0.3 is 21.1 Å². The van der Waals surface area contributed by atoms with Gasteiger partial charge in [-0.1, -0.05) is 0 Å². The molecule has 3 heterocycles. The first-order valence-electron chi connectivity index (χ1n) is 9.77. The minimum atomic E-state index is -0.184. The van der Waals surface area contributed by atoms with Gasteiger partial charge in [0, 0.05) is 17.8 Å². The Bertz CT molecular complexity index is 1060. The topological polar surface area (TPSA) is 119 Å². The van der Waals surface area contributed by atoms with Crippen LogP contribution in [0.15, 0.2) is 24.5 Å². The number of anilines is 3. The third-order valence-electron chi connectivity index (χ3n) is 4.99. The van der Waals surface area contributed by atoms with Gasteiger partial charge in [-0.05, 0) is 52.2 Å². The number of nitrogens with two attached hydrogens (primary N) is 1. The average molecular weight is 395 g/mol. The number of nitrogens with zero attached hydrogens (tertiary/aromatic N) is 4. The first-order valence-corrected chi connectivity index (χ1v) is 9.77. The van der Waals surface area contributed by atoms with Crippen LogP contribution in [0.3, 0.4) is 0 Å². The van der Waals surface area contributed by atoms with E-state index in [-0.39, 0.29) is 18.1 Å². The maximum atomic E-state index is 12.7. The molecule has 152 valence electrons. The zero-order valence-electron chi connectivity index (χ0n) is 16.8. The van der Waals surface area contributed by atoms with Crippen molar-refractivity contribution in [3.63, 3.8) is 0 Å². The van der Waals surface area contributed by atoms with E-state index in [0.717, 1.165) is 19.3 Å². The number of nitrogens with one attached hydrogen (secondary N) is 2. The molecule has 1 aliphatic carbocycles. The van der Waals surface area contributed by atoms with E-state index in [9.17, 15) is 4.79 Å². The zero-order chi connectivity index (χ0) is 20.5. The number of pyridine rings is 1. The smallest absolute Gasteiger partial charge is 0.256 e. The number of hydrogen-bond donors (Lipinski definition) is 3. The molecule has 29 heavy (non-hydrogen) atoms. The summed E-state index contributed by atoms with van der Waals surface area (Å²) in [5.74, 6) is 1.22. The summed E-state index contributed by atoms with van der Waals surface area (Å²) < 4.78 is 7.26. The number of ether oxygens (including phenoxy) is 1. The fourth-order valence-corrected chi connectivity index (χ4v) is 3.12. The van der Waals surface area contributed by atoms with E-state index >= 15 is 0 Å². The number of aromatic nitrogens is 4. The van der Waals surface area contributed by atoms with Gasteiger partial charge in [0.05, 0.1) is 12.3 Å². The van der Waals surface area contributed by atoms with E-state index < -0.39 is 0 Å². The molecule has 0 spiro atoms. The minimum Gasteiger partial charge on any atom is -0.473 e. The summed E-state index contributed by atoms with van der Waals surface area (Å²) in [5.41, 5.74) is 8.47. The van der Waals surface area contributed by atoms with Gasteiger partial charge in [0.25, 0.3) is 5.91 Å². The van der Waals surface area contributed by atoms with Crippen LogP contribution in [0.5, 0.6) is 5.88 Å². The lowest BCUT2D eigenvalue weighted by molar-refractivity contribution is 0.0918. The van der Waals surface area contributed by atoms with Crippen molar-refractivity contribution >= 4 is 28.9 Å². The maximum absolute atomic E-state index is 12.7. The number of rotatable bonds is 6. The maximum Gasteiger partial charge on any atom is 0.256 e. The number of carbonyl (C=O) groups excluding carboxylic acids is 1. The predicted octanol–water partition coefficient (Wildman–Crippen LogP) is 2.83. The highest BCUT2D eigenvalue weighted by atomic mass is 16.5. The molecule has 1 fully saturated rings. The van der Waals surface area contributed by atoms with Crippen LogP contribution < -0.4 is 21.1 Å². The Kier molecular flexibility index (Phi) is 4.96. The SMILES string of the molecule is Cc1c(Nc2cccnc2OC(C)C)nc2c(C(=O)NC3CCC3)cnn2c1N. The van der Waals surface area contributed by atoms with Gasteiger partial charge in [-0.2, -0.15) is 9.61 Å².